The molecule has 0 aromatic heterocycles. The lowest BCUT2D eigenvalue weighted by atomic mass is 10.3. The van der Waals surface area contributed by atoms with Crippen molar-refractivity contribution in [3.8, 4) is 0 Å². The van der Waals surface area contributed by atoms with Crippen LogP contribution in [0.5, 0.6) is 0 Å². The summed E-state index contributed by atoms with van der Waals surface area (Å²) in [6.45, 7) is 2.66. The van der Waals surface area contributed by atoms with Crippen LogP contribution < -0.4 is 10.6 Å². The third kappa shape index (κ3) is 5.68. The van der Waals surface area contributed by atoms with Gasteiger partial charge in [0.1, 0.15) is 6.42 Å². The first-order valence-corrected chi connectivity index (χ1v) is 6.31. The maximum Gasteiger partial charge on any atom is 0.233 e. The molecule has 0 saturated heterocycles. The average molecular weight is 269 g/mol. The van der Waals surface area contributed by atoms with Gasteiger partial charge in [-0.3, -0.25) is 9.59 Å². The molecule has 0 unspecified atom stereocenters. The van der Waals surface area contributed by atoms with Gasteiger partial charge in [-0.25, -0.2) is 0 Å². The van der Waals surface area contributed by atoms with Gasteiger partial charge < -0.3 is 10.6 Å². The molecule has 0 heterocycles. The van der Waals surface area contributed by atoms with E-state index in [1.54, 1.807) is 24.3 Å². The summed E-state index contributed by atoms with van der Waals surface area (Å²) >= 11 is 5.73. The van der Waals surface area contributed by atoms with Crippen molar-refractivity contribution in [3.05, 3.63) is 29.3 Å². The van der Waals surface area contributed by atoms with Crippen molar-refractivity contribution in [1.29, 1.82) is 0 Å². The minimum atomic E-state index is -0.327. The Morgan fingerprint density at radius 3 is 2.44 bits per heavy atom. The number of unbranched alkanes of at least 4 members (excludes halogenated alkanes) is 1. The van der Waals surface area contributed by atoms with Gasteiger partial charge in [0, 0.05) is 17.3 Å². The molecule has 18 heavy (non-hydrogen) atoms. The molecule has 0 spiro atoms. The molecule has 2 amide bonds. The Morgan fingerprint density at radius 2 is 1.83 bits per heavy atom. The highest BCUT2D eigenvalue weighted by Gasteiger charge is 2.08. The van der Waals surface area contributed by atoms with E-state index in [9.17, 15) is 9.59 Å². The second-order valence-electron chi connectivity index (χ2n) is 3.94. The van der Waals surface area contributed by atoms with Crippen LogP contribution in [0, 0.1) is 0 Å². The molecule has 2 N–H and O–H groups in total. The summed E-state index contributed by atoms with van der Waals surface area (Å²) in [4.78, 5) is 22.9. The second-order valence-corrected chi connectivity index (χ2v) is 4.37. The van der Waals surface area contributed by atoms with Crippen molar-refractivity contribution in [1.82, 2.24) is 5.32 Å². The summed E-state index contributed by atoms with van der Waals surface area (Å²) in [6.07, 6.45) is 1.77. The maximum atomic E-state index is 11.5. The van der Waals surface area contributed by atoms with Gasteiger partial charge in [0.25, 0.3) is 0 Å². The smallest absolute Gasteiger partial charge is 0.233 e. The normalized spacial score (nSPS) is 9.89. The molecular formula is C13H17ClN2O2. The number of hydrogen-bond donors (Lipinski definition) is 2. The summed E-state index contributed by atoms with van der Waals surface area (Å²) in [5.74, 6) is -0.582. The minimum absolute atomic E-state index is 0.160. The van der Waals surface area contributed by atoms with E-state index < -0.39 is 0 Å². The van der Waals surface area contributed by atoms with Crippen LogP contribution in [-0.4, -0.2) is 18.4 Å². The van der Waals surface area contributed by atoms with E-state index >= 15 is 0 Å². The Labute approximate surface area is 112 Å². The van der Waals surface area contributed by atoms with Gasteiger partial charge in [0.2, 0.25) is 11.8 Å². The number of rotatable bonds is 6. The summed E-state index contributed by atoms with van der Waals surface area (Å²) in [7, 11) is 0. The van der Waals surface area contributed by atoms with E-state index in [4.69, 9.17) is 11.6 Å². The SMILES string of the molecule is CCCCNC(=O)CC(=O)Nc1ccc(Cl)cc1. The van der Waals surface area contributed by atoms with Crippen LogP contribution in [0.2, 0.25) is 5.02 Å². The van der Waals surface area contributed by atoms with Crippen molar-refractivity contribution in [2.45, 2.75) is 26.2 Å². The predicted octanol–water partition coefficient (Wildman–Crippen LogP) is 2.58. The number of halogens is 1. The van der Waals surface area contributed by atoms with Gasteiger partial charge in [0.15, 0.2) is 0 Å². The van der Waals surface area contributed by atoms with Crippen LogP contribution in [0.15, 0.2) is 24.3 Å². The van der Waals surface area contributed by atoms with E-state index in [1.807, 2.05) is 6.92 Å². The lowest BCUT2D eigenvalue weighted by Gasteiger charge is -2.06. The first-order valence-electron chi connectivity index (χ1n) is 5.94. The molecule has 0 saturated carbocycles. The van der Waals surface area contributed by atoms with Crippen molar-refractivity contribution < 1.29 is 9.59 Å². The number of amides is 2. The Morgan fingerprint density at radius 1 is 1.17 bits per heavy atom. The zero-order valence-electron chi connectivity index (χ0n) is 10.3. The summed E-state index contributed by atoms with van der Waals surface area (Å²) in [5, 5.41) is 5.92. The van der Waals surface area contributed by atoms with Crippen LogP contribution in [0.1, 0.15) is 26.2 Å². The number of nitrogens with one attached hydrogen (secondary N) is 2. The predicted molar refractivity (Wildman–Crippen MR) is 72.6 cm³/mol. The molecule has 0 bridgehead atoms. The first kappa shape index (κ1) is 14.5. The van der Waals surface area contributed by atoms with Crippen molar-refractivity contribution in [3.63, 3.8) is 0 Å². The molecule has 4 nitrogen and oxygen atoms in total. The van der Waals surface area contributed by atoms with Gasteiger partial charge in [0.05, 0.1) is 0 Å². The fourth-order valence-electron chi connectivity index (χ4n) is 1.35. The second kappa shape index (κ2) is 7.71. The van der Waals surface area contributed by atoms with E-state index in [-0.39, 0.29) is 18.2 Å². The Bertz CT molecular complexity index is 404. The molecule has 98 valence electrons. The van der Waals surface area contributed by atoms with Gasteiger partial charge in [-0.2, -0.15) is 0 Å². The molecule has 0 aliphatic heterocycles. The molecular weight excluding hydrogens is 252 g/mol. The van der Waals surface area contributed by atoms with Crippen molar-refractivity contribution in [2.75, 3.05) is 11.9 Å². The van der Waals surface area contributed by atoms with E-state index in [0.29, 0.717) is 17.3 Å². The Balaban J connectivity index is 2.32. The van der Waals surface area contributed by atoms with Crippen LogP contribution >= 0.6 is 11.6 Å². The summed E-state index contributed by atoms with van der Waals surface area (Å²) < 4.78 is 0. The zero-order valence-corrected chi connectivity index (χ0v) is 11.1. The van der Waals surface area contributed by atoms with Crippen molar-refractivity contribution in [2.24, 2.45) is 0 Å². The van der Waals surface area contributed by atoms with Gasteiger partial charge in [-0.05, 0) is 30.7 Å². The molecule has 0 fully saturated rings. The number of carbonyl (C=O) groups is 2. The largest absolute Gasteiger partial charge is 0.356 e. The van der Waals surface area contributed by atoms with Gasteiger partial charge in [-0.15, -0.1) is 0 Å². The lowest BCUT2D eigenvalue weighted by molar-refractivity contribution is -0.126. The molecule has 0 aliphatic carbocycles. The highest BCUT2D eigenvalue weighted by molar-refractivity contribution is 6.30. The molecule has 0 atom stereocenters. The highest BCUT2D eigenvalue weighted by atomic mass is 35.5. The molecule has 1 rings (SSSR count). The van der Waals surface area contributed by atoms with Crippen LogP contribution in [0.4, 0.5) is 5.69 Å². The standard InChI is InChI=1S/C13H17ClN2O2/c1-2-3-8-15-12(17)9-13(18)16-11-6-4-10(14)5-7-11/h4-7H,2-3,8-9H2,1H3,(H,15,17)(H,16,18). The molecule has 1 aromatic rings. The van der Waals surface area contributed by atoms with Gasteiger partial charge >= 0.3 is 0 Å². The topological polar surface area (TPSA) is 58.2 Å². The third-order valence-corrected chi connectivity index (χ3v) is 2.55. The number of benzene rings is 1. The van der Waals surface area contributed by atoms with E-state index in [1.165, 1.54) is 0 Å². The fourth-order valence-corrected chi connectivity index (χ4v) is 1.48. The zero-order chi connectivity index (χ0) is 13.4. The highest BCUT2D eigenvalue weighted by Crippen LogP contribution is 2.13. The molecule has 0 aliphatic rings. The quantitative estimate of drug-likeness (QED) is 0.615. The number of anilines is 1. The van der Waals surface area contributed by atoms with Crippen LogP contribution in [-0.2, 0) is 9.59 Å². The van der Waals surface area contributed by atoms with E-state index in [0.717, 1.165) is 12.8 Å². The Hall–Kier alpha value is -1.55. The third-order valence-electron chi connectivity index (χ3n) is 2.30. The summed E-state index contributed by atoms with van der Waals surface area (Å²) in [6, 6.07) is 6.74. The molecule has 1 aromatic carbocycles. The van der Waals surface area contributed by atoms with Gasteiger partial charge in [-0.1, -0.05) is 24.9 Å². The van der Waals surface area contributed by atoms with Crippen molar-refractivity contribution >= 4 is 29.1 Å². The maximum absolute atomic E-state index is 11.5. The molecule has 0 radical (unpaired) electrons. The first-order chi connectivity index (χ1) is 8.61. The monoisotopic (exact) mass is 268 g/mol. The molecule has 5 heteroatoms. The van der Waals surface area contributed by atoms with Crippen LogP contribution in [0.3, 0.4) is 0 Å². The Kier molecular flexibility index (Phi) is 6.22. The number of carbonyl (C=O) groups excluding carboxylic acids is 2. The minimum Gasteiger partial charge on any atom is -0.356 e. The average Bonchev–Trinajstić information content (AvgIpc) is 2.32. The lowest BCUT2D eigenvalue weighted by Crippen LogP contribution is -2.28. The van der Waals surface area contributed by atoms with Crippen LogP contribution in [0.25, 0.3) is 0 Å². The number of hydrogen-bond acceptors (Lipinski definition) is 2. The fraction of sp³-hybridized carbons (Fsp3) is 0.385. The van der Waals surface area contributed by atoms with E-state index in [2.05, 4.69) is 10.6 Å². The summed E-state index contributed by atoms with van der Waals surface area (Å²) in [5.41, 5.74) is 0.630.